The minimum absolute atomic E-state index is 0.0164. The number of halogens is 3. The van der Waals surface area contributed by atoms with Crippen LogP contribution >= 0.6 is 19.2 Å². The number of rotatable bonds is 7. The van der Waals surface area contributed by atoms with Crippen LogP contribution in [-0.2, 0) is 27.2 Å². The van der Waals surface area contributed by atoms with Crippen molar-refractivity contribution in [2.75, 3.05) is 6.54 Å². The predicted octanol–water partition coefficient (Wildman–Crippen LogP) is 1.59. The van der Waals surface area contributed by atoms with Gasteiger partial charge < -0.3 is 30.3 Å². The quantitative estimate of drug-likeness (QED) is 0.325. The fourth-order valence-corrected chi connectivity index (χ4v) is 5.07. The number of aromatic nitrogens is 1. The van der Waals surface area contributed by atoms with Gasteiger partial charge in [0.25, 0.3) is 5.91 Å². The van der Waals surface area contributed by atoms with Crippen LogP contribution in [0, 0.1) is 5.82 Å². The zero-order valence-electron chi connectivity index (χ0n) is 19.1. The number of carbonyl (C=O) groups is 3. The van der Waals surface area contributed by atoms with Crippen LogP contribution in [0.25, 0.3) is 10.9 Å². The first-order valence-electron chi connectivity index (χ1n) is 11.0. The Bertz CT molecular complexity index is 1460. The lowest BCUT2D eigenvalue weighted by molar-refractivity contribution is -0.139. The van der Waals surface area contributed by atoms with E-state index in [1.165, 1.54) is 35.0 Å². The lowest BCUT2D eigenvalue weighted by atomic mass is 10.1. The highest BCUT2D eigenvalue weighted by Crippen LogP contribution is 2.35. The summed E-state index contributed by atoms with van der Waals surface area (Å²) in [6.45, 7) is -1.05. The first-order chi connectivity index (χ1) is 17.4. The summed E-state index contributed by atoms with van der Waals surface area (Å²) in [7, 11) is -4.65. The number of nitrogens with zero attached hydrogens (tertiary/aromatic N) is 2. The van der Waals surface area contributed by atoms with Gasteiger partial charge in [0.15, 0.2) is 0 Å². The van der Waals surface area contributed by atoms with Gasteiger partial charge in [-0.1, -0.05) is 29.8 Å². The summed E-state index contributed by atoms with van der Waals surface area (Å²) < 4.78 is 41.4. The Morgan fingerprint density at radius 1 is 1.22 bits per heavy atom. The Balaban J connectivity index is 1.57. The molecule has 1 fully saturated rings. The number of benzene rings is 2. The number of likely N-dealkylation sites (tertiary alicyclic amines) is 1. The predicted molar refractivity (Wildman–Crippen MR) is 130 cm³/mol. The van der Waals surface area contributed by atoms with Gasteiger partial charge in [-0.3, -0.25) is 18.9 Å². The molecule has 3 amide bonds. The second-order valence-corrected chi connectivity index (χ2v) is 10.6. The molecule has 0 radical (unpaired) electrons. The molecule has 3 aromatic rings. The van der Waals surface area contributed by atoms with E-state index in [0.29, 0.717) is 0 Å². The topological polar surface area (TPSA) is 155 Å². The second kappa shape index (κ2) is 10.2. The van der Waals surface area contributed by atoms with Crippen molar-refractivity contribution in [3.8, 4) is 0 Å². The first kappa shape index (κ1) is 26.7. The average molecular weight is 555 g/mol. The van der Waals surface area contributed by atoms with Crippen molar-refractivity contribution in [3.05, 3.63) is 64.6 Å². The van der Waals surface area contributed by atoms with Gasteiger partial charge in [-0.25, -0.2) is 8.78 Å². The number of alkyl halides is 1. The lowest BCUT2D eigenvalue weighted by Gasteiger charge is -2.24. The zero-order valence-corrected chi connectivity index (χ0v) is 20.8. The molecule has 0 bridgehead atoms. The Labute approximate surface area is 214 Å². The van der Waals surface area contributed by atoms with E-state index in [1.54, 1.807) is 0 Å². The molecule has 0 aliphatic carbocycles. The largest absolute Gasteiger partial charge is 0.366 e. The summed E-state index contributed by atoms with van der Waals surface area (Å²) >= 11 is 5.75. The van der Waals surface area contributed by atoms with Crippen molar-refractivity contribution in [1.29, 1.82) is 0 Å². The van der Waals surface area contributed by atoms with E-state index >= 15 is 0 Å². The molecule has 2 atom stereocenters. The van der Waals surface area contributed by atoms with E-state index < -0.39 is 49.9 Å². The molecule has 5 N–H and O–H groups in total. The highest BCUT2D eigenvalue weighted by Gasteiger charge is 2.40. The first-order valence-corrected chi connectivity index (χ1v) is 13.0. The van der Waals surface area contributed by atoms with Crippen molar-refractivity contribution in [2.24, 2.45) is 5.73 Å². The SMILES string of the molecule is NC(=O)c1cn(CC(=O)N2CC(F)CC2C(=O)NCc2cccc(Cl)c2F)c2cc(P(=O)(O)O)ccc12. The van der Waals surface area contributed by atoms with Gasteiger partial charge in [-0.05, 0) is 18.2 Å². The van der Waals surface area contributed by atoms with E-state index in [1.807, 2.05) is 0 Å². The molecule has 1 saturated heterocycles. The van der Waals surface area contributed by atoms with E-state index in [4.69, 9.17) is 17.3 Å². The molecule has 0 spiro atoms. The minimum Gasteiger partial charge on any atom is -0.366 e. The molecule has 1 aliphatic rings. The third-order valence-electron chi connectivity index (χ3n) is 6.13. The molecule has 10 nitrogen and oxygen atoms in total. The number of nitrogens with two attached hydrogens (primary N) is 1. The summed E-state index contributed by atoms with van der Waals surface area (Å²) in [5.41, 5.74) is 5.70. The summed E-state index contributed by atoms with van der Waals surface area (Å²) in [4.78, 5) is 57.9. The maximum Gasteiger partial charge on any atom is 0.356 e. The van der Waals surface area contributed by atoms with Crippen LogP contribution in [0.2, 0.25) is 5.02 Å². The fraction of sp³-hybridized carbons (Fsp3) is 0.261. The number of primary amides is 1. The van der Waals surface area contributed by atoms with Crippen LogP contribution in [-0.4, -0.2) is 55.7 Å². The van der Waals surface area contributed by atoms with Crippen molar-refractivity contribution in [1.82, 2.24) is 14.8 Å². The van der Waals surface area contributed by atoms with Gasteiger partial charge in [0.2, 0.25) is 11.8 Å². The molecule has 2 aromatic carbocycles. The van der Waals surface area contributed by atoms with Crippen LogP contribution in [0.5, 0.6) is 0 Å². The highest BCUT2D eigenvalue weighted by molar-refractivity contribution is 7.60. The normalized spacial score (nSPS) is 17.8. The Kier molecular flexibility index (Phi) is 7.38. The van der Waals surface area contributed by atoms with Gasteiger partial charge >= 0.3 is 7.60 Å². The molecule has 2 unspecified atom stereocenters. The lowest BCUT2D eigenvalue weighted by Crippen LogP contribution is -2.46. The van der Waals surface area contributed by atoms with Crippen LogP contribution in [0.15, 0.2) is 42.6 Å². The summed E-state index contributed by atoms with van der Waals surface area (Å²) in [6, 6.07) is 6.72. The summed E-state index contributed by atoms with van der Waals surface area (Å²) in [5.74, 6) is -2.89. The summed E-state index contributed by atoms with van der Waals surface area (Å²) in [5, 5.41) is 2.31. The third kappa shape index (κ3) is 5.52. The molecule has 4 rings (SSSR count). The Hall–Kier alpha value is -3.31. The minimum atomic E-state index is -4.65. The van der Waals surface area contributed by atoms with Gasteiger partial charge in [-0.2, -0.15) is 0 Å². The molecule has 0 saturated carbocycles. The molecule has 1 aliphatic heterocycles. The van der Waals surface area contributed by atoms with Crippen molar-refractivity contribution in [3.63, 3.8) is 0 Å². The molecule has 1 aromatic heterocycles. The number of amides is 3. The highest BCUT2D eigenvalue weighted by atomic mass is 35.5. The van der Waals surface area contributed by atoms with Crippen molar-refractivity contribution >= 4 is 53.1 Å². The molecule has 37 heavy (non-hydrogen) atoms. The smallest absolute Gasteiger partial charge is 0.356 e. The van der Waals surface area contributed by atoms with Crippen molar-refractivity contribution in [2.45, 2.75) is 31.7 Å². The monoisotopic (exact) mass is 554 g/mol. The number of hydrogen-bond donors (Lipinski definition) is 4. The van der Waals surface area contributed by atoms with E-state index in [0.717, 1.165) is 17.0 Å². The second-order valence-electron chi connectivity index (χ2n) is 8.61. The number of carbonyl (C=O) groups excluding carboxylic acids is 3. The molecular weight excluding hydrogens is 533 g/mol. The van der Waals surface area contributed by atoms with Gasteiger partial charge in [-0.15, -0.1) is 0 Å². The van der Waals surface area contributed by atoms with E-state index in [-0.39, 0.29) is 51.9 Å². The van der Waals surface area contributed by atoms with Crippen LogP contribution < -0.4 is 16.4 Å². The Morgan fingerprint density at radius 3 is 2.62 bits per heavy atom. The molecule has 2 heterocycles. The average Bonchev–Trinajstić information content (AvgIpc) is 3.40. The third-order valence-corrected chi connectivity index (χ3v) is 7.37. The van der Waals surface area contributed by atoms with Gasteiger partial charge in [0, 0.05) is 30.1 Å². The summed E-state index contributed by atoms with van der Waals surface area (Å²) in [6.07, 6.45) is -0.489. The molecular formula is C23H22ClF2N4O6P. The van der Waals surface area contributed by atoms with Crippen LogP contribution in [0.3, 0.4) is 0 Å². The van der Waals surface area contributed by atoms with Crippen LogP contribution in [0.1, 0.15) is 22.3 Å². The van der Waals surface area contributed by atoms with Crippen LogP contribution in [0.4, 0.5) is 8.78 Å². The number of fused-ring (bicyclic) bond motifs is 1. The Morgan fingerprint density at radius 2 is 1.95 bits per heavy atom. The molecule has 14 heteroatoms. The standard InChI is InChI=1S/C23H22ClF2N4O6P/c24-17-3-1-2-12(21(17)26)8-28-23(33)19-6-13(25)9-30(19)20(31)11-29-10-16(22(27)32)15-5-4-14(7-18(15)29)37(34,35)36/h1-5,7,10,13,19H,6,8-9,11H2,(H2,27,32)(H,28,33)(H2,34,35,36). The van der Waals surface area contributed by atoms with E-state index in [2.05, 4.69) is 5.32 Å². The fourth-order valence-electron chi connectivity index (χ4n) is 4.32. The maximum absolute atomic E-state index is 14.3. The van der Waals surface area contributed by atoms with Gasteiger partial charge in [0.05, 0.1) is 28.0 Å². The van der Waals surface area contributed by atoms with Crippen molar-refractivity contribution < 1.29 is 37.5 Å². The maximum atomic E-state index is 14.3. The zero-order chi connectivity index (χ0) is 27.1. The van der Waals surface area contributed by atoms with E-state index in [9.17, 15) is 37.5 Å². The number of nitrogens with one attached hydrogen (secondary N) is 1. The number of hydrogen-bond acceptors (Lipinski definition) is 4. The van der Waals surface area contributed by atoms with Gasteiger partial charge in [0.1, 0.15) is 24.6 Å². The molecule has 196 valence electrons.